The lowest BCUT2D eigenvalue weighted by Gasteiger charge is -2.27. The number of thiophene rings is 1. The zero-order valence-corrected chi connectivity index (χ0v) is 16.6. The number of amides is 1. The second-order valence-electron chi connectivity index (χ2n) is 5.30. The summed E-state index contributed by atoms with van der Waals surface area (Å²) < 4.78 is -1.79. The molecule has 10 heteroatoms. The molecule has 3 N–H and O–H groups in total. The standard InChI is InChI=1S/C14H15Cl3N4OS2/c1-7(22)19-12(14(15,16)17)21-13(23)20-11-9(6-18)8-4-2-3-5-10(8)24-11/h12H,2-5H2,1H3,(H,19,22)(H2,20,21,23)/t12-/m0/s1. The fraction of sp³-hybridized carbons (Fsp3) is 0.500. The van der Waals surface area contributed by atoms with Gasteiger partial charge >= 0.3 is 0 Å². The van der Waals surface area contributed by atoms with E-state index in [1.54, 1.807) is 0 Å². The van der Waals surface area contributed by atoms with Gasteiger partial charge in [-0.2, -0.15) is 5.26 Å². The first kappa shape index (κ1) is 19.5. The van der Waals surface area contributed by atoms with E-state index < -0.39 is 9.96 Å². The van der Waals surface area contributed by atoms with Crippen LogP contribution in [0.1, 0.15) is 35.8 Å². The van der Waals surface area contributed by atoms with Crippen LogP contribution < -0.4 is 16.0 Å². The van der Waals surface area contributed by atoms with E-state index in [9.17, 15) is 10.1 Å². The van der Waals surface area contributed by atoms with Crippen molar-refractivity contribution in [3.05, 3.63) is 16.0 Å². The summed E-state index contributed by atoms with van der Waals surface area (Å²) in [5, 5.41) is 18.5. The zero-order valence-electron chi connectivity index (χ0n) is 12.7. The van der Waals surface area contributed by atoms with E-state index in [4.69, 9.17) is 47.0 Å². The van der Waals surface area contributed by atoms with Gasteiger partial charge in [0, 0.05) is 11.8 Å². The van der Waals surface area contributed by atoms with Crippen LogP contribution >= 0.6 is 58.4 Å². The predicted octanol–water partition coefficient (Wildman–Crippen LogP) is 3.62. The lowest BCUT2D eigenvalue weighted by Crippen LogP contribution is -2.55. The maximum absolute atomic E-state index is 11.2. The van der Waals surface area contributed by atoms with Crippen LogP contribution in [0.4, 0.5) is 5.00 Å². The molecule has 130 valence electrons. The smallest absolute Gasteiger partial charge is 0.228 e. The van der Waals surface area contributed by atoms with E-state index in [-0.39, 0.29) is 11.0 Å². The van der Waals surface area contributed by atoms with Crippen molar-refractivity contribution >= 4 is 74.4 Å². The average molecular weight is 426 g/mol. The van der Waals surface area contributed by atoms with Gasteiger partial charge in [0.25, 0.3) is 0 Å². The SMILES string of the molecule is CC(=O)N[C@@H](NC(=S)Nc1sc2c(c1C#N)CCCC2)C(Cl)(Cl)Cl. The molecule has 1 aliphatic carbocycles. The molecule has 1 amide bonds. The number of aryl methyl sites for hydroxylation is 1. The van der Waals surface area contributed by atoms with Gasteiger partial charge in [0.05, 0.1) is 5.56 Å². The van der Waals surface area contributed by atoms with Gasteiger partial charge in [0.2, 0.25) is 9.70 Å². The average Bonchev–Trinajstić information content (AvgIpc) is 2.81. The molecule has 0 fully saturated rings. The topological polar surface area (TPSA) is 77.0 Å². The Morgan fingerprint density at radius 3 is 2.58 bits per heavy atom. The molecule has 0 saturated carbocycles. The number of hydrogen-bond donors (Lipinski definition) is 3. The summed E-state index contributed by atoms with van der Waals surface area (Å²) in [5.74, 6) is -0.370. The van der Waals surface area contributed by atoms with Crippen molar-refractivity contribution in [3.8, 4) is 6.07 Å². The van der Waals surface area contributed by atoms with Crippen LogP contribution in [0.15, 0.2) is 0 Å². The summed E-state index contributed by atoms with van der Waals surface area (Å²) in [5.41, 5.74) is 1.71. The van der Waals surface area contributed by atoms with E-state index in [1.807, 2.05) is 0 Å². The number of halogens is 3. The highest BCUT2D eigenvalue weighted by atomic mass is 35.6. The van der Waals surface area contributed by atoms with Crippen LogP contribution in [0.3, 0.4) is 0 Å². The first-order valence-electron chi connectivity index (χ1n) is 7.18. The van der Waals surface area contributed by atoms with Gasteiger partial charge in [-0.25, -0.2) is 0 Å². The normalized spacial score (nSPS) is 15.0. The Bertz CT molecular complexity index is 693. The minimum absolute atomic E-state index is 0.162. The molecular formula is C14H15Cl3N4OS2. The Balaban J connectivity index is 2.13. The van der Waals surface area contributed by atoms with E-state index in [0.29, 0.717) is 10.6 Å². The number of nitrogens with zero attached hydrogens (tertiary/aromatic N) is 1. The van der Waals surface area contributed by atoms with Crippen LogP contribution in [-0.2, 0) is 17.6 Å². The van der Waals surface area contributed by atoms with Crippen LogP contribution in [0.25, 0.3) is 0 Å². The first-order chi connectivity index (χ1) is 11.2. The summed E-state index contributed by atoms with van der Waals surface area (Å²) >= 11 is 24.3. The maximum atomic E-state index is 11.2. The number of anilines is 1. The zero-order chi connectivity index (χ0) is 17.9. The minimum atomic E-state index is -1.79. The van der Waals surface area contributed by atoms with Gasteiger partial charge in [0.15, 0.2) is 5.11 Å². The number of alkyl halides is 3. The molecule has 0 saturated heterocycles. The molecule has 2 rings (SSSR count). The number of fused-ring (bicyclic) bond motifs is 1. The van der Waals surface area contributed by atoms with E-state index in [1.165, 1.54) is 23.1 Å². The summed E-state index contributed by atoms with van der Waals surface area (Å²) in [6.45, 7) is 1.31. The highest BCUT2D eigenvalue weighted by Crippen LogP contribution is 2.37. The van der Waals surface area contributed by atoms with Gasteiger partial charge in [-0.05, 0) is 43.5 Å². The third kappa shape index (κ3) is 4.87. The Morgan fingerprint density at radius 1 is 1.33 bits per heavy atom. The van der Waals surface area contributed by atoms with Crippen molar-refractivity contribution in [1.82, 2.24) is 10.6 Å². The van der Waals surface area contributed by atoms with Crippen molar-refractivity contribution in [2.24, 2.45) is 0 Å². The monoisotopic (exact) mass is 424 g/mol. The first-order valence-corrected chi connectivity index (χ1v) is 9.54. The van der Waals surface area contributed by atoms with Crippen LogP contribution in [0.5, 0.6) is 0 Å². The molecule has 1 aliphatic rings. The number of hydrogen-bond acceptors (Lipinski definition) is 4. The van der Waals surface area contributed by atoms with Gasteiger partial charge in [-0.15, -0.1) is 11.3 Å². The highest BCUT2D eigenvalue weighted by molar-refractivity contribution is 7.80. The molecule has 5 nitrogen and oxygen atoms in total. The van der Waals surface area contributed by atoms with Crippen molar-refractivity contribution in [2.75, 3.05) is 5.32 Å². The fourth-order valence-corrected chi connectivity index (χ4v) is 4.30. The third-order valence-corrected chi connectivity index (χ3v) is 5.54. The number of thiocarbonyl (C=S) groups is 1. The quantitative estimate of drug-likeness (QED) is 0.392. The Morgan fingerprint density at radius 2 is 2.00 bits per heavy atom. The second kappa shape index (κ2) is 8.07. The Hall–Kier alpha value is -0.780. The second-order valence-corrected chi connectivity index (χ2v) is 9.18. The lowest BCUT2D eigenvalue weighted by atomic mass is 9.96. The van der Waals surface area contributed by atoms with Crippen molar-refractivity contribution in [2.45, 2.75) is 42.6 Å². The van der Waals surface area contributed by atoms with E-state index >= 15 is 0 Å². The highest BCUT2D eigenvalue weighted by Gasteiger charge is 2.34. The van der Waals surface area contributed by atoms with Gasteiger partial charge in [-0.1, -0.05) is 34.8 Å². The van der Waals surface area contributed by atoms with Crippen molar-refractivity contribution < 1.29 is 4.79 Å². The molecule has 0 aromatic carbocycles. The van der Waals surface area contributed by atoms with Crippen LogP contribution in [0.2, 0.25) is 0 Å². The number of carbonyl (C=O) groups is 1. The molecule has 1 aromatic rings. The molecule has 0 unspecified atom stereocenters. The molecule has 1 heterocycles. The van der Waals surface area contributed by atoms with Crippen LogP contribution in [0, 0.1) is 11.3 Å². The number of nitrogens with one attached hydrogen (secondary N) is 3. The van der Waals surface area contributed by atoms with Crippen molar-refractivity contribution in [1.29, 1.82) is 5.26 Å². The predicted molar refractivity (Wildman–Crippen MR) is 103 cm³/mol. The number of carbonyl (C=O) groups excluding carboxylic acids is 1. The van der Waals surface area contributed by atoms with Crippen LogP contribution in [-0.4, -0.2) is 21.0 Å². The number of nitriles is 1. The molecule has 1 atom stereocenters. The van der Waals surface area contributed by atoms with Crippen molar-refractivity contribution in [3.63, 3.8) is 0 Å². The van der Waals surface area contributed by atoms with Gasteiger partial charge < -0.3 is 16.0 Å². The summed E-state index contributed by atoms with van der Waals surface area (Å²) in [4.78, 5) is 12.5. The fourth-order valence-electron chi connectivity index (χ4n) is 2.45. The third-order valence-electron chi connectivity index (χ3n) is 3.46. The molecule has 0 aliphatic heterocycles. The van der Waals surface area contributed by atoms with Gasteiger partial charge in [0.1, 0.15) is 17.2 Å². The van der Waals surface area contributed by atoms with E-state index in [2.05, 4.69) is 22.0 Å². The molecule has 0 radical (unpaired) electrons. The summed E-state index contributed by atoms with van der Waals surface area (Å²) in [6.07, 6.45) is 3.08. The maximum Gasteiger partial charge on any atom is 0.228 e. The molecule has 0 bridgehead atoms. The van der Waals surface area contributed by atoms with Gasteiger partial charge in [-0.3, -0.25) is 4.79 Å². The molecule has 24 heavy (non-hydrogen) atoms. The summed E-state index contributed by atoms with van der Waals surface area (Å²) in [6, 6.07) is 2.24. The number of rotatable bonds is 3. The minimum Gasteiger partial charge on any atom is -0.339 e. The molecular weight excluding hydrogens is 411 g/mol. The Labute approximate surface area is 164 Å². The molecule has 0 spiro atoms. The Kier molecular flexibility index (Phi) is 6.57. The summed E-state index contributed by atoms with van der Waals surface area (Å²) in [7, 11) is 0. The molecule has 1 aromatic heterocycles. The van der Waals surface area contributed by atoms with E-state index in [0.717, 1.165) is 31.2 Å². The largest absolute Gasteiger partial charge is 0.339 e. The lowest BCUT2D eigenvalue weighted by molar-refractivity contribution is -0.119.